The van der Waals surface area contributed by atoms with Gasteiger partial charge in [-0.3, -0.25) is 9.80 Å². The molecule has 1 aliphatic heterocycles. The van der Waals surface area contributed by atoms with Gasteiger partial charge in [-0.1, -0.05) is 0 Å². The largest absolute Gasteiger partial charge is 0.389 e. The predicted molar refractivity (Wildman–Crippen MR) is 76.3 cm³/mol. The molecule has 1 aliphatic rings. The number of aliphatic hydroxyl groups excluding tert-OH is 1. The third-order valence-electron chi connectivity index (χ3n) is 3.17. The molecule has 0 amide bonds. The third kappa shape index (κ3) is 7.84. The first kappa shape index (κ1) is 16.9. The second-order valence-electron chi connectivity index (χ2n) is 6.43. The molecule has 1 rings (SSSR count). The van der Waals surface area contributed by atoms with Crippen molar-refractivity contribution in [2.45, 2.75) is 45.5 Å². The fraction of sp³-hybridized carbons (Fsp3) is 1.00. The third-order valence-corrected chi connectivity index (χ3v) is 3.17. The molecule has 0 bridgehead atoms. The van der Waals surface area contributed by atoms with E-state index in [0.717, 1.165) is 26.2 Å². The van der Waals surface area contributed by atoms with Gasteiger partial charge in [0.1, 0.15) is 0 Å². The van der Waals surface area contributed by atoms with Crippen LogP contribution in [0.3, 0.4) is 0 Å². The van der Waals surface area contributed by atoms with Crippen molar-refractivity contribution in [2.75, 3.05) is 45.9 Å². The van der Waals surface area contributed by atoms with Crippen LogP contribution in [0.4, 0.5) is 0 Å². The van der Waals surface area contributed by atoms with E-state index in [0.29, 0.717) is 19.7 Å². The standard InChI is InChI=1S/C14H30N2O3/c1-12(2)19-10-13(17)9-15-5-7-16(8-6-15)11-14(3,4)18/h12-13,17-18H,5-11H2,1-4H3. The van der Waals surface area contributed by atoms with Gasteiger partial charge in [-0.05, 0) is 27.7 Å². The Balaban J connectivity index is 2.19. The number of aliphatic hydroxyl groups is 2. The van der Waals surface area contributed by atoms with Crippen LogP contribution in [-0.2, 0) is 4.74 Å². The van der Waals surface area contributed by atoms with E-state index in [1.54, 1.807) is 0 Å². The summed E-state index contributed by atoms with van der Waals surface area (Å²) >= 11 is 0. The van der Waals surface area contributed by atoms with Crippen molar-refractivity contribution in [2.24, 2.45) is 0 Å². The van der Waals surface area contributed by atoms with E-state index >= 15 is 0 Å². The van der Waals surface area contributed by atoms with Gasteiger partial charge in [0.05, 0.1) is 24.4 Å². The number of nitrogens with zero attached hydrogens (tertiary/aromatic N) is 2. The van der Waals surface area contributed by atoms with Crippen LogP contribution >= 0.6 is 0 Å². The molecule has 1 unspecified atom stereocenters. The first-order valence-electron chi connectivity index (χ1n) is 7.23. The van der Waals surface area contributed by atoms with Gasteiger partial charge >= 0.3 is 0 Å². The number of rotatable bonds is 7. The lowest BCUT2D eigenvalue weighted by Gasteiger charge is -2.37. The van der Waals surface area contributed by atoms with Crippen molar-refractivity contribution < 1.29 is 14.9 Å². The zero-order valence-corrected chi connectivity index (χ0v) is 12.8. The van der Waals surface area contributed by atoms with E-state index in [1.807, 2.05) is 27.7 Å². The van der Waals surface area contributed by atoms with E-state index in [1.165, 1.54) is 0 Å². The number of piperazine rings is 1. The summed E-state index contributed by atoms with van der Waals surface area (Å²) in [5, 5.41) is 19.7. The van der Waals surface area contributed by atoms with Crippen LogP contribution in [0.5, 0.6) is 0 Å². The lowest BCUT2D eigenvalue weighted by atomic mass is 10.1. The normalized spacial score (nSPS) is 21.0. The van der Waals surface area contributed by atoms with Crippen molar-refractivity contribution in [1.29, 1.82) is 0 Å². The summed E-state index contributed by atoms with van der Waals surface area (Å²) in [7, 11) is 0. The second-order valence-corrected chi connectivity index (χ2v) is 6.43. The molecule has 1 fully saturated rings. The molecule has 5 nitrogen and oxygen atoms in total. The van der Waals surface area contributed by atoms with Crippen molar-refractivity contribution in [3.8, 4) is 0 Å². The van der Waals surface area contributed by atoms with Crippen molar-refractivity contribution >= 4 is 0 Å². The summed E-state index contributed by atoms with van der Waals surface area (Å²) in [6.07, 6.45) is -0.249. The molecular formula is C14H30N2O3. The minimum absolute atomic E-state index is 0.165. The molecule has 0 aromatic rings. The molecule has 0 saturated carbocycles. The summed E-state index contributed by atoms with van der Waals surface area (Å²) in [5.74, 6) is 0. The molecule has 114 valence electrons. The maximum atomic E-state index is 9.88. The molecule has 1 heterocycles. The van der Waals surface area contributed by atoms with E-state index in [9.17, 15) is 10.2 Å². The summed E-state index contributed by atoms with van der Waals surface area (Å²) in [6.45, 7) is 13.2. The molecule has 19 heavy (non-hydrogen) atoms. The van der Waals surface area contributed by atoms with Crippen LogP contribution in [0.1, 0.15) is 27.7 Å². The molecule has 0 radical (unpaired) electrons. The Morgan fingerprint density at radius 3 is 2.11 bits per heavy atom. The number of hydrogen-bond acceptors (Lipinski definition) is 5. The zero-order chi connectivity index (χ0) is 14.5. The highest BCUT2D eigenvalue weighted by molar-refractivity contribution is 4.78. The molecular weight excluding hydrogens is 244 g/mol. The SMILES string of the molecule is CC(C)OCC(O)CN1CCN(CC(C)(C)O)CC1. The van der Waals surface area contributed by atoms with Gasteiger partial charge in [-0.25, -0.2) is 0 Å². The van der Waals surface area contributed by atoms with Gasteiger partial charge in [0.15, 0.2) is 0 Å². The fourth-order valence-corrected chi connectivity index (χ4v) is 2.33. The maximum Gasteiger partial charge on any atom is 0.0900 e. The Kier molecular flexibility index (Phi) is 6.69. The highest BCUT2D eigenvalue weighted by atomic mass is 16.5. The van der Waals surface area contributed by atoms with Crippen LogP contribution in [0, 0.1) is 0 Å². The van der Waals surface area contributed by atoms with Crippen LogP contribution in [-0.4, -0.2) is 83.7 Å². The minimum Gasteiger partial charge on any atom is -0.389 e. The summed E-state index contributed by atoms with van der Waals surface area (Å²) < 4.78 is 5.41. The smallest absolute Gasteiger partial charge is 0.0900 e. The molecule has 2 N–H and O–H groups in total. The zero-order valence-electron chi connectivity index (χ0n) is 12.8. The van der Waals surface area contributed by atoms with Crippen LogP contribution < -0.4 is 0 Å². The molecule has 0 aromatic carbocycles. The maximum absolute atomic E-state index is 9.88. The van der Waals surface area contributed by atoms with Crippen LogP contribution in [0.25, 0.3) is 0 Å². The quantitative estimate of drug-likeness (QED) is 0.693. The Morgan fingerprint density at radius 1 is 1.11 bits per heavy atom. The topological polar surface area (TPSA) is 56.2 Å². The van der Waals surface area contributed by atoms with Gasteiger partial charge in [0, 0.05) is 39.3 Å². The van der Waals surface area contributed by atoms with E-state index in [4.69, 9.17) is 4.74 Å². The summed E-state index contributed by atoms with van der Waals surface area (Å²) in [4.78, 5) is 4.53. The van der Waals surface area contributed by atoms with E-state index in [-0.39, 0.29) is 6.10 Å². The first-order valence-corrected chi connectivity index (χ1v) is 7.23. The lowest BCUT2D eigenvalue weighted by molar-refractivity contribution is -0.0214. The summed E-state index contributed by atoms with van der Waals surface area (Å²) in [5.41, 5.74) is -0.632. The molecule has 0 aromatic heterocycles. The lowest BCUT2D eigenvalue weighted by Crippen LogP contribution is -2.52. The van der Waals surface area contributed by atoms with Gasteiger partial charge in [0.25, 0.3) is 0 Å². The van der Waals surface area contributed by atoms with Gasteiger partial charge in [-0.15, -0.1) is 0 Å². The van der Waals surface area contributed by atoms with Gasteiger partial charge in [0.2, 0.25) is 0 Å². The first-order chi connectivity index (χ1) is 8.76. The molecule has 5 heteroatoms. The van der Waals surface area contributed by atoms with Crippen LogP contribution in [0.15, 0.2) is 0 Å². The van der Waals surface area contributed by atoms with Gasteiger partial charge < -0.3 is 14.9 Å². The van der Waals surface area contributed by atoms with Gasteiger partial charge in [-0.2, -0.15) is 0 Å². The molecule has 0 spiro atoms. The summed E-state index contributed by atoms with van der Waals surface area (Å²) in [6, 6.07) is 0. The van der Waals surface area contributed by atoms with Crippen molar-refractivity contribution in [1.82, 2.24) is 9.80 Å². The average molecular weight is 274 g/mol. The average Bonchev–Trinajstić information content (AvgIpc) is 2.27. The van der Waals surface area contributed by atoms with Crippen molar-refractivity contribution in [3.63, 3.8) is 0 Å². The Hall–Kier alpha value is -0.200. The second kappa shape index (κ2) is 7.55. The van der Waals surface area contributed by atoms with E-state index < -0.39 is 11.7 Å². The molecule has 1 saturated heterocycles. The molecule has 1 atom stereocenters. The fourth-order valence-electron chi connectivity index (χ4n) is 2.33. The van der Waals surface area contributed by atoms with Crippen molar-refractivity contribution in [3.05, 3.63) is 0 Å². The Bertz CT molecular complexity index is 246. The Labute approximate surface area is 117 Å². The number of hydrogen-bond donors (Lipinski definition) is 2. The van der Waals surface area contributed by atoms with E-state index in [2.05, 4.69) is 9.80 Å². The minimum atomic E-state index is -0.632. The highest BCUT2D eigenvalue weighted by Crippen LogP contribution is 2.09. The number of β-amino-alcohol motifs (C(OH)–C–C–N with tert-alkyl or cyclic N) is 2. The monoisotopic (exact) mass is 274 g/mol. The predicted octanol–water partition coefficient (Wildman–Crippen LogP) is 0.161. The van der Waals surface area contributed by atoms with Crippen LogP contribution in [0.2, 0.25) is 0 Å². The molecule has 0 aliphatic carbocycles. The Morgan fingerprint density at radius 2 is 1.63 bits per heavy atom. The number of ether oxygens (including phenoxy) is 1. The highest BCUT2D eigenvalue weighted by Gasteiger charge is 2.23.